The number of nitrogens with one attached hydrogen (secondary N) is 2. The van der Waals surface area contributed by atoms with Gasteiger partial charge >= 0.3 is 0 Å². The molecule has 31 heavy (non-hydrogen) atoms. The van der Waals surface area contributed by atoms with Crippen LogP contribution in [0.1, 0.15) is 23.7 Å². The van der Waals surface area contributed by atoms with E-state index in [-0.39, 0.29) is 11.5 Å². The van der Waals surface area contributed by atoms with Crippen molar-refractivity contribution in [3.63, 3.8) is 0 Å². The third kappa shape index (κ3) is 6.23. The van der Waals surface area contributed by atoms with Crippen LogP contribution in [0.25, 0.3) is 0 Å². The topological polar surface area (TPSA) is 58.2 Å². The van der Waals surface area contributed by atoms with Crippen LogP contribution in [-0.4, -0.2) is 17.1 Å². The molecular formula is C23H19Cl2FN2O2S. The van der Waals surface area contributed by atoms with Crippen LogP contribution in [0.5, 0.6) is 0 Å². The van der Waals surface area contributed by atoms with Gasteiger partial charge < -0.3 is 10.6 Å². The zero-order chi connectivity index (χ0) is 22.4. The summed E-state index contributed by atoms with van der Waals surface area (Å²) in [5.41, 5.74) is 0.917. The Morgan fingerprint density at radius 3 is 2.52 bits per heavy atom. The summed E-state index contributed by atoms with van der Waals surface area (Å²) in [4.78, 5) is 25.9. The number of carbonyl (C=O) groups excluding carboxylic acids is 2. The van der Waals surface area contributed by atoms with Gasteiger partial charge in [-0.3, -0.25) is 9.59 Å². The smallest absolute Gasteiger partial charge is 0.258 e. The minimum absolute atomic E-state index is 0.0373. The van der Waals surface area contributed by atoms with Gasteiger partial charge in [0.25, 0.3) is 5.91 Å². The van der Waals surface area contributed by atoms with Crippen molar-refractivity contribution in [3.05, 3.63) is 88.2 Å². The molecule has 0 aliphatic carbocycles. The van der Waals surface area contributed by atoms with Crippen molar-refractivity contribution in [2.75, 3.05) is 10.6 Å². The normalized spacial score (nSPS) is 11.6. The van der Waals surface area contributed by atoms with Crippen LogP contribution in [0.3, 0.4) is 0 Å². The first kappa shape index (κ1) is 23.1. The van der Waals surface area contributed by atoms with Crippen molar-refractivity contribution in [2.45, 2.75) is 23.5 Å². The van der Waals surface area contributed by atoms with E-state index in [9.17, 15) is 14.0 Å². The summed E-state index contributed by atoms with van der Waals surface area (Å²) in [6.07, 6.45) is 0.570. The lowest BCUT2D eigenvalue weighted by atomic mass is 10.2. The number of rotatable bonds is 7. The van der Waals surface area contributed by atoms with Crippen molar-refractivity contribution >= 4 is 58.2 Å². The number of benzene rings is 3. The lowest BCUT2D eigenvalue weighted by Crippen LogP contribution is -2.24. The Labute approximate surface area is 194 Å². The molecule has 3 aromatic rings. The predicted molar refractivity (Wildman–Crippen MR) is 126 cm³/mol. The van der Waals surface area contributed by atoms with Crippen LogP contribution in [0.4, 0.5) is 15.8 Å². The molecule has 0 aliphatic heterocycles. The molecule has 1 atom stereocenters. The molecule has 0 aromatic heterocycles. The third-order valence-electron chi connectivity index (χ3n) is 4.34. The van der Waals surface area contributed by atoms with E-state index in [0.717, 1.165) is 4.90 Å². The Hall–Kier alpha value is -2.54. The summed E-state index contributed by atoms with van der Waals surface area (Å²) in [6.45, 7) is 1.90. The van der Waals surface area contributed by atoms with Crippen LogP contribution in [0.2, 0.25) is 10.0 Å². The standard InChI is InChI=1S/C23H19Cl2FN2O2S/c1-2-21(23(30)28-20-12-14(24)10-11-18(20)25)31-16-7-5-6-15(13-16)27-22(29)17-8-3-4-9-19(17)26/h3-13,21H,2H2,1H3,(H,27,29)(H,28,30). The van der Waals surface area contributed by atoms with E-state index in [1.807, 2.05) is 13.0 Å². The summed E-state index contributed by atoms with van der Waals surface area (Å²) in [6, 6.07) is 17.7. The highest BCUT2D eigenvalue weighted by atomic mass is 35.5. The zero-order valence-electron chi connectivity index (χ0n) is 16.5. The molecule has 0 saturated heterocycles. The number of carbonyl (C=O) groups is 2. The molecule has 2 amide bonds. The van der Waals surface area contributed by atoms with Gasteiger partial charge in [0.2, 0.25) is 5.91 Å². The van der Waals surface area contributed by atoms with E-state index >= 15 is 0 Å². The molecule has 4 nitrogen and oxygen atoms in total. The fourth-order valence-corrected chi connectivity index (χ4v) is 4.13. The second-order valence-corrected chi connectivity index (χ2v) is 8.71. The highest BCUT2D eigenvalue weighted by Crippen LogP contribution is 2.31. The first-order valence-corrected chi connectivity index (χ1v) is 11.1. The Morgan fingerprint density at radius 1 is 1.00 bits per heavy atom. The van der Waals surface area contributed by atoms with Crippen LogP contribution >= 0.6 is 35.0 Å². The molecule has 1 unspecified atom stereocenters. The SMILES string of the molecule is CCC(Sc1cccc(NC(=O)c2ccccc2F)c1)C(=O)Nc1cc(Cl)ccc1Cl. The number of anilines is 2. The quantitative estimate of drug-likeness (QED) is 0.364. The second-order valence-electron chi connectivity index (χ2n) is 6.59. The average Bonchev–Trinajstić information content (AvgIpc) is 2.75. The molecule has 0 saturated carbocycles. The van der Waals surface area contributed by atoms with Crippen molar-refractivity contribution < 1.29 is 14.0 Å². The minimum atomic E-state index is -0.590. The summed E-state index contributed by atoms with van der Waals surface area (Å²) in [5.74, 6) is -1.34. The molecule has 0 spiro atoms. The fraction of sp³-hybridized carbons (Fsp3) is 0.130. The van der Waals surface area contributed by atoms with Crippen molar-refractivity contribution in [3.8, 4) is 0 Å². The van der Waals surface area contributed by atoms with Crippen LogP contribution in [0, 0.1) is 5.82 Å². The van der Waals surface area contributed by atoms with Crippen molar-refractivity contribution in [2.24, 2.45) is 0 Å². The molecule has 0 radical (unpaired) electrons. The van der Waals surface area contributed by atoms with E-state index in [0.29, 0.717) is 27.8 Å². The summed E-state index contributed by atoms with van der Waals surface area (Å²) in [7, 11) is 0. The monoisotopic (exact) mass is 476 g/mol. The first-order chi connectivity index (χ1) is 14.9. The minimum Gasteiger partial charge on any atom is -0.324 e. The highest BCUT2D eigenvalue weighted by Gasteiger charge is 2.20. The highest BCUT2D eigenvalue weighted by molar-refractivity contribution is 8.00. The Morgan fingerprint density at radius 2 is 1.77 bits per heavy atom. The summed E-state index contributed by atoms with van der Waals surface area (Å²) >= 11 is 13.5. The van der Waals surface area contributed by atoms with Crippen LogP contribution < -0.4 is 10.6 Å². The van der Waals surface area contributed by atoms with E-state index in [1.165, 1.54) is 30.0 Å². The van der Waals surface area contributed by atoms with E-state index < -0.39 is 17.0 Å². The Balaban J connectivity index is 1.69. The average molecular weight is 477 g/mol. The van der Waals surface area contributed by atoms with Gasteiger partial charge in [0.15, 0.2) is 0 Å². The fourth-order valence-electron chi connectivity index (χ4n) is 2.78. The van der Waals surface area contributed by atoms with Crippen LogP contribution in [-0.2, 0) is 4.79 Å². The van der Waals surface area contributed by atoms with Gasteiger partial charge in [-0.25, -0.2) is 4.39 Å². The maximum Gasteiger partial charge on any atom is 0.258 e. The van der Waals surface area contributed by atoms with Gasteiger partial charge in [-0.2, -0.15) is 0 Å². The summed E-state index contributed by atoms with van der Waals surface area (Å²) < 4.78 is 13.8. The number of hydrogen-bond acceptors (Lipinski definition) is 3. The van der Waals surface area contributed by atoms with Crippen molar-refractivity contribution in [1.29, 1.82) is 0 Å². The number of halogens is 3. The largest absolute Gasteiger partial charge is 0.324 e. The summed E-state index contributed by atoms with van der Waals surface area (Å²) in [5, 5.41) is 5.97. The Kier molecular flexibility index (Phi) is 7.96. The maximum absolute atomic E-state index is 13.8. The van der Waals surface area contributed by atoms with Gasteiger partial charge in [-0.05, 0) is 55.0 Å². The van der Waals surface area contributed by atoms with Gasteiger partial charge in [-0.1, -0.05) is 48.3 Å². The van der Waals surface area contributed by atoms with Gasteiger partial charge in [0.1, 0.15) is 5.82 Å². The molecular weight excluding hydrogens is 458 g/mol. The molecule has 0 heterocycles. The van der Waals surface area contributed by atoms with Gasteiger partial charge in [-0.15, -0.1) is 11.8 Å². The molecule has 2 N–H and O–H groups in total. The molecule has 0 fully saturated rings. The zero-order valence-corrected chi connectivity index (χ0v) is 18.8. The van der Waals surface area contributed by atoms with Crippen LogP contribution in [0.15, 0.2) is 71.6 Å². The molecule has 160 valence electrons. The molecule has 3 rings (SSSR count). The molecule has 0 bridgehead atoms. The lowest BCUT2D eigenvalue weighted by Gasteiger charge is -2.16. The van der Waals surface area contributed by atoms with Gasteiger partial charge in [0, 0.05) is 15.6 Å². The number of amides is 2. The number of thioether (sulfide) groups is 1. The predicted octanol–water partition coefficient (Wildman–Crippen LogP) is 6.89. The number of hydrogen-bond donors (Lipinski definition) is 2. The van der Waals surface area contributed by atoms with E-state index in [1.54, 1.807) is 42.5 Å². The van der Waals surface area contributed by atoms with Crippen molar-refractivity contribution in [1.82, 2.24) is 0 Å². The molecule has 8 heteroatoms. The first-order valence-electron chi connectivity index (χ1n) is 9.46. The molecule has 3 aromatic carbocycles. The Bertz CT molecular complexity index is 1110. The van der Waals surface area contributed by atoms with E-state index in [4.69, 9.17) is 23.2 Å². The second kappa shape index (κ2) is 10.7. The lowest BCUT2D eigenvalue weighted by molar-refractivity contribution is -0.115. The maximum atomic E-state index is 13.8. The third-order valence-corrected chi connectivity index (χ3v) is 6.26. The van der Waals surface area contributed by atoms with E-state index in [2.05, 4.69) is 10.6 Å². The molecule has 0 aliphatic rings. The van der Waals surface area contributed by atoms with Gasteiger partial charge in [0.05, 0.1) is 21.5 Å².